The third-order valence-corrected chi connectivity index (χ3v) is 3.44. The lowest BCUT2D eigenvalue weighted by molar-refractivity contribution is -0.136. The van der Waals surface area contributed by atoms with Crippen molar-refractivity contribution in [3.63, 3.8) is 0 Å². The summed E-state index contributed by atoms with van der Waals surface area (Å²) >= 11 is 1.51. The zero-order valence-corrected chi connectivity index (χ0v) is 9.67. The zero-order valence-electron chi connectivity index (χ0n) is 8.85. The molecule has 0 aromatic heterocycles. The van der Waals surface area contributed by atoms with Gasteiger partial charge in [-0.25, -0.2) is 0 Å². The van der Waals surface area contributed by atoms with E-state index in [9.17, 15) is 4.79 Å². The molecule has 1 aromatic carbocycles. The summed E-state index contributed by atoms with van der Waals surface area (Å²) < 4.78 is 0. The van der Waals surface area contributed by atoms with Crippen molar-refractivity contribution < 1.29 is 9.90 Å². The number of carboxylic acid groups (broad SMARTS) is 1. The van der Waals surface area contributed by atoms with E-state index in [-0.39, 0.29) is 0 Å². The molecule has 0 saturated carbocycles. The molecule has 1 aromatic rings. The molecule has 82 valence electrons. The fourth-order valence-electron chi connectivity index (χ4n) is 1.28. The van der Waals surface area contributed by atoms with Crippen LogP contribution in [0, 0.1) is 0 Å². The standard InChI is InChI=1S/C12H16O2S/c1-2-3-9-15-11(12(13)14)10-7-5-4-6-8-10/h4-8,11H,2-3,9H2,1H3,(H,13,14). The predicted molar refractivity (Wildman–Crippen MR) is 64.2 cm³/mol. The fourth-order valence-corrected chi connectivity index (χ4v) is 2.47. The highest BCUT2D eigenvalue weighted by molar-refractivity contribution is 8.00. The van der Waals surface area contributed by atoms with E-state index in [0.29, 0.717) is 0 Å². The minimum Gasteiger partial charge on any atom is -0.480 e. The van der Waals surface area contributed by atoms with Crippen molar-refractivity contribution in [1.82, 2.24) is 0 Å². The molecule has 1 atom stereocenters. The summed E-state index contributed by atoms with van der Waals surface area (Å²) in [6.45, 7) is 2.11. The fraction of sp³-hybridized carbons (Fsp3) is 0.417. The number of aliphatic carboxylic acids is 1. The van der Waals surface area contributed by atoms with Gasteiger partial charge in [-0.15, -0.1) is 11.8 Å². The van der Waals surface area contributed by atoms with Gasteiger partial charge < -0.3 is 5.11 Å². The molecule has 0 amide bonds. The SMILES string of the molecule is CCCCSC(C(=O)O)c1ccccc1. The molecule has 1 N–H and O–H groups in total. The molecule has 1 unspecified atom stereocenters. The average Bonchev–Trinajstić information content (AvgIpc) is 2.25. The predicted octanol–water partition coefficient (Wildman–Crippen LogP) is 3.35. The molecule has 0 fully saturated rings. The van der Waals surface area contributed by atoms with E-state index in [1.807, 2.05) is 30.3 Å². The third kappa shape index (κ3) is 3.96. The summed E-state index contributed by atoms with van der Waals surface area (Å²) in [5.74, 6) is 0.157. The van der Waals surface area contributed by atoms with Gasteiger partial charge in [0.05, 0.1) is 0 Å². The first kappa shape index (κ1) is 12.1. The Kier molecular flexibility index (Phi) is 5.26. The van der Waals surface area contributed by atoms with E-state index in [1.54, 1.807) is 0 Å². The molecule has 1 rings (SSSR count). The van der Waals surface area contributed by atoms with Gasteiger partial charge in [-0.1, -0.05) is 43.7 Å². The van der Waals surface area contributed by atoms with Crippen LogP contribution in [-0.2, 0) is 4.79 Å². The van der Waals surface area contributed by atoms with Crippen molar-refractivity contribution in [2.45, 2.75) is 25.0 Å². The minimum absolute atomic E-state index is 0.419. The highest BCUT2D eigenvalue weighted by Gasteiger charge is 2.19. The maximum atomic E-state index is 11.1. The smallest absolute Gasteiger partial charge is 0.321 e. The summed E-state index contributed by atoms with van der Waals surface area (Å²) in [6, 6.07) is 9.41. The van der Waals surface area contributed by atoms with Gasteiger partial charge >= 0.3 is 5.97 Å². The van der Waals surface area contributed by atoms with E-state index in [0.717, 1.165) is 24.2 Å². The highest BCUT2D eigenvalue weighted by Crippen LogP contribution is 2.29. The van der Waals surface area contributed by atoms with Gasteiger partial charge in [0.25, 0.3) is 0 Å². The second kappa shape index (κ2) is 6.51. The van der Waals surface area contributed by atoms with Crippen LogP contribution in [0.3, 0.4) is 0 Å². The minimum atomic E-state index is -0.748. The molecule has 15 heavy (non-hydrogen) atoms. The number of unbranched alkanes of at least 4 members (excludes halogenated alkanes) is 1. The van der Waals surface area contributed by atoms with E-state index < -0.39 is 11.2 Å². The van der Waals surface area contributed by atoms with Crippen LogP contribution in [0.2, 0.25) is 0 Å². The van der Waals surface area contributed by atoms with Crippen LogP contribution in [0.25, 0.3) is 0 Å². The number of benzene rings is 1. The Hall–Kier alpha value is -0.960. The summed E-state index contributed by atoms with van der Waals surface area (Å²) in [7, 11) is 0. The van der Waals surface area contributed by atoms with E-state index >= 15 is 0 Å². The van der Waals surface area contributed by atoms with E-state index in [4.69, 9.17) is 5.11 Å². The zero-order chi connectivity index (χ0) is 11.1. The van der Waals surface area contributed by atoms with Gasteiger partial charge in [0.1, 0.15) is 5.25 Å². The number of hydrogen-bond acceptors (Lipinski definition) is 2. The summed E-state index contributed by atoms with van der Waals surface area (Å²) in [5.41, 5.74) is 0.881. The molecule has 0 bridgehead atoms. The van der Waals surface area contributed by atoms with Crippen LogP contribution in [-0.4, -0.2) is 16.8 Å². The van der Waals surface area contributed by atoms with Crippen LogP contribution in [0.15, 0.2) is 30.3 Å². The topological polar surface area (TPSA) is 37.3 Å². The molecule has 0 aliphatic rings. The summed E-state index contributed by atoms with van der Waals surface area (Å²) in [4.78, 5) is 11.1. The lowest BCUT2D eigenvalue weighted by Crippen LogP contribution is -2.08. The Balaban J connectivity index is 2.62. The Morgan fingerprint density at radius 3 is 2.60 bits per heavy atom. The van der Waals surface area contributed by atoms with Gasteiger partial charge in [-0.05, 0) is 17.7 Å². The number of rotatable bonds is 6. The molecule has 0 aliphatic heterocycles. The van der Waals surface area contributed by atoms with Gasteiger partial charge in [-0.3, -0.25) is 4.79 Å². The van der Waals surface area contributed by atoms with Gasteiger partial charge in [0, 0.05) is 0 Å². The van der Waals surface area contributed by atoms with Crippen molar-refractivity contribution in [1.29, 1.82) is 0 Å². The molecule has 3 heteroatoms. The third-order valence-electron chi connectivity index (χ3n) is 2.11. The van der Waals surface area contributed by atoms with Crippen molar-refractivity contribution in [3.05, 3.63) is 35.9 Å². The van der Waals surface area contributed by atoms with Gasteiger partial charge in [0.2, 0.25) is 0 Å². The molecular formula is C12H16O2S. The molecule has 2 nitrogen and oxygen atoms in total. The van der Waals surface area contributed by atoms with Crippen LogP contribution >= 0.6 is 11.8 Å². The van der Waals surface area contributed by atoms with Crippen LogP contribution in [0.1, 0.15) is 30.6 Å². The Bertz CT molecular complexity index is 298. The van der Waals surface area contributed by atoms with E-state index in [1.165, 1.54) is 11.8 Å². The highest BCUT2D eigenvalue weighted by atomic mass is 32.2. The second-order valence-corrected chi connectivity index (χ2v) is 4.57. The van der Waals surface area contributed by atoms with Crippen molar-refractivity contribution in [2.75, 3.05) is 5.75 Å². The molecule has 0 saturated heterocycles. The normalized spacial score (nSPS) is 12.3. The van der Waals surface area contributed by atoms with Crippen molar-refractivity contribution >= 4 is 17.7 Å². The number of carboxylic acids is 1. The first-order valence-electron chi connectivity index (χ1n) is 5.15. The van der Waals surface area contributed by atoms with Crippen LogP contribution in [0.4, 0.5) is 0 Å². The van der Waals surface area contributed by atoms with Gasteiger partial charge in [-0.2, -0.15) is 0 Å². The lowest BCUT2D eigenvalue weighted by Gasteiger charge is -2.11. The first-order chi connectivity index (χ1) is 7.25. The Labute approximate surface area is 94.7 Å². The van der Waals surface area contributed by atoms with Crippen LogP contribution < -0.4 is 0 Å². The Morgan fingerprint density at radius 2 is 2.07 bits per heavy atom. The second-order valence-electron chi connectivity index (χ2n) is 3.35. The molecule has 0 spiro atoms. The summed E-state index contributed by atoms with van der Waals surface area (Å²) in [6.07, 6.45) is 2.18. The van der Waals surface area contributed by atoms with E-state index in [2.05, 4.69) is 6.92 Å². The lowest BCUT2D eigenvalue weighted by atomic mass is 10.1. The average molecular weight is 224 g/mol. The number of hydrogen-bond donors (Lipinski definition) is 1. The molecule has 0 heterocycles. The largest absolute Gasteiger partial charge is 0.480 e. The first-order valence-corrected chi connectivity index (χ1v) is 6.20. The summed E-state index contributed by atoms with van der Waals surface area (Å²) in [5, 5.41) is 8.69. The quantitative estimate of drug-likeness (QED) is 0.753. The van der Waals surface area contributed by atoms with Crippen LogP contribution in [0.5, 0.6) is 0 Å². The number of carbonyl (C=O) groups is 1. The van der Waals surface area contributed by atoms with Crippen molar-refractivity contribution in [3.8, 4) is 0 Å². The Morgan fingerprint density at radius 1 is 1.40 bits per heavy atom. The molecular weight excluding hydrogens is 208 g/mol. The number of thioether (sulfide) groups is 1. The maximum Gasteiger partial charge on any atom is 0.321 e. The molecule has 0 radical (unpaired) electrons. The maximum absolute atomic E-state index is 11.1. The molecule has 0 aliphatic carbocycles. The van der Waals surface area contributed by atoms with Crippen molar-refractivity contribution in [2.24, 2.45) is 0 Å². The monoisotopic (exact) mass is 224 g/mol. The van der Waals surface area contributed by atoms with Gasteiger partial charge in [0.15, 0.2) is 0 Å².